The van der Waals surface area contributed by atoms with Crippen molar-refractivity contribution in [1.29, 1.82) is 0 Å². The minimum atomic E-state index is -0.417. The Morgan fingerprint density at radius 1 is 0.824 bits per heavy atom. The second-order valence-electron chi connectivity index (χ2n) is 7.56. The molecule has 0 radical (unpaired) electrons. The van der Waals surface area contributed by atoms with E-state index in [2.05, 4.69) is 0 Å². The molecule has 3 aromatic carbocycles. The molecule has 7 nitrogen and oxygen atoms in total. The molecule has 4 rings (SSSR count). The third-order valence-electron chi connectivity index (χ3n) is 5.62. The van der Waals surface area contributed by atoms with Crippen LogP contribution in [0.4, 0.5) is 11.4 Å². The zero-order valence-corrected chi connectivity index (χ0v) is 19.6. The Bertz CT molecular complexity index is 1240. The van der Waals surface area contributed by atoms with Crippen molar-refractivity contribution in [2.45, 2.75) is 6.92 Å². The molecule has 1 aliphatic rings. The molecule has 2 amide bonds. The van der Waals surface area contributed by atoms with Crippen molar-refractivity contribution in [2.75, 3.05) is 37.7 Å². The van der Waals surface area contributed by atoms with Crippen molar-refractivity contribution in [2.24, 2.45) is 0 Å². The monoisotopic (exact) mass is 458 g/mol. The van der Waals surface area contributed by atoms with Gasteiger partial charge >= 0.3 is 0 Å². The van der Waals surface area contributed by atoms with E-state index in [1.807, 2.05) is 37.3 Å². The summed E-state index contributed by atoms with van der Waals surface area (Å²) in [4.78, 5) is 30.4. The molecule has 34 heavy (non-hydrogen) atoms. The molecule has 1 aliphatic heterocycles. The number of carbonyl (C=O) groups is 2. The predicted octanol–water partition coefficient (Wildman–Crippen LogP) is 4.52. The Kier molecular flexibility index (Phi) is 6.54. The fourth-order valence-corrected chi connectivity index (χ4v) is 3.95. The van der Waals surface area contributed by atoms with Crippen molar-refractivity contribution in [3.05, 3.63) is 84.1 Å². The average Bonchev–Trinajstić information content (AvgIpc) is 3.14. The number of carbonyl (C=O) groups excluding carboxylic acids is 2. The van der Waals surface area contributed by atoms with Gasteiger partial charge in [-0.1, -0.05) is 24.3 Å². The molecular weight excluding hydrogens is 432 g/mol. The van der Waals surface area contributed by atoms with E-state index in [-0.39, 0.29) is 11.3 Å². The fraction of sp³-hybridized carbons (Fsp3) is 0.185. The van der Waals surface area contributed by atoms with Crippen molar-refractivity contribution in [3.8, 4) is 17.2 Å². The van der Waals surface area contributed by atoms with Crippen LogP contribution in [0.1, 0.15) is 12.5 Å². The highest BCUT2D eigenvalue weighted by Gasteiger charge is 2.42. The smallest absolute Gasteiger partial charge is 0.282 e. The van der Waals surface area contributed by atoms with E-state index in [0.29, 0.717) is 35.1 Å². The number of imide groups is 1. The Labute approximate surface area is 198 Å². The molecule has 0 saturated heterocycles. The van der Waals surface area contributed by atoms with Crippen LogP contribution in [-0.2, 0) is 9.59 Å². The Balaban J connectivity index is 1.85. The summed E-state index contributed by atoms with van der Waals surface area (Å²) >= 11 is 0. The quantitative estimate of drug-likeness (QED) is 0.462. The highest BCUT2D eigenvalue weighted by Crippen LogP contribution is 2.39. The molecule has 0 atom stereocenters. The van der Waals surface area contributed by atoms with Gasteiger partial charge in [0.05, 0.1) is 32.1 Å². The van der Waals surface area contributed by atoms with Crippen LogP contribution in [0.5, 0.6) is 17.2 Å². The van der Waals surface area contributed by atoms with E-state index in [1.165, 1.54) is 12.0 Å². The zero-order chi connectivity index (χ0) is 24.2. The molecule has 3 aromatic rings. The van der Waals surface area contributed by atoms with Gasteiger partial charge < -0.3 is 19.1 Å². The Morgan fingerprint density at radius 2 is 1.50 bits per heavy atom. The van der Waals surface area contributed by atoms with Crippen molar-refractivity contribution >= 4 is 28.8 Å². The molecule has 0 saturated carbocycles. The molecule has 174 valence electrons. The van der Waals surface area contributed by atoms with E-state index in [9.17, 15) is 9.59 Å². The number of amides is 2. The van der Waals surface area contributed by atoms with Gasteiger partial charge in [0.25, 0.3) is 11.8 Å². The molecular formula is C27H26N2O5. The third-order valence-corrected chi connectivity index (χ3v) is 5.62. The van der Waals surface area contributed by atoms with Gasteiger partial charge in [-0.15, -0.1) is 0 Å². The van der Waals surface area contributed by atoms with Gasteiger partial charge in [-0.25, -0.2) is 4.90 Å². The first-order valence-electron chi connectivity index (χ1n) is 10.9. The van der Waals surface area contributed by atoms with Crippen molar-refractivity contribution < 1.29 is 23.8 Å². The summed E-state index contributed by atoms with van der Waals surface area (Å²) in [5.74, 6) is 0.837. The van der Waals surface area contributed by atoms with Crippen LogP contribution in [0.2, 0.25) is 0 Å². The van der Waals surface area contributed by atoms with Crippen molar-refractivity contribution in [3.63, 3.8) is 0 Å². The standard InChI is InChI=1S/C27H26N2O5/c1-5-34-21-14-12-20(13-15-21)29-26(30)24(18-11-16-22(32-3)23(17-18)33-4)25(27(29)31)28(2)19-9-7-6-8-10-19/h6-17H,5H2,1-4H3. The first-order chi connectivity index (χ1) is 16.5. The number of methoxy groups -OCH3 is 2. The van der Waals surface area contributed by atoms with Gasteiger partial charge in [0, 0.05) is 12.7 Å². The third kappa shape index (κ3) is 4.08. The summed E-state index contributed by atoms with van der Waals surface area (Å²) in [6.45, 7) is 2.42. The maximum atomic E-state index is 13.7. The zero-order valence-electron chi connectivity index (χ0n) is 19.6. The lowest BCUT2D eigenvalue weighted by Crippen LogP contribution is -2.34. The number of ether oxygens (including phenoxy) is 3. The molecule has 0 spiro atoms. The summed E-state index contributed by atoms with van der Waals surface area (Å²) in [5.41, 5.74) is 2.36. The fourth-order valence-electron chi connectivity index (χ4n) is 3.95. The molecule has 0 aliphatic carbocycles. The number of para-hydroxylation sites is 1. The summed E-state index contributed by atoms with van der Waals surface area (Å²) in [5, 5.41) is 0. The normalized spacial score (nSPS) is 13.4. The minimum Gasteiger partial charge on any atom is -0.494 e. The van der Waals surface area contributed by atoms with E-state index < -0.39 is 11.8 Å². The maximum absolute atomic E-state index is 13.7. The topological polar surface area (TPSA) is 68.3 Å². The summed E-state index contributed by atoms with van der Waals surface area (Å²) in [7, 11) is 4.85. The number of hydrogen-bond acceptors (Lipinski definition) is 6. The summed E-state index contributed by atoms with van der Waals surface area (Å²) in [6.07, 6.45) is 0. The molecule has 0 N–H and O–H groups in total. The molecule has 0 aromatic heterocycles. The van der Waals surface area contributed by atoms with E-state index in [0.717, 1.165) is 5.69 Å². The largest absolute Gasteiger partial charge is 0.494 e. The van der Waals surface area contributed by atoms with Gasteiger partial charge in [-0.3, -0.25) is 9.59 Å². The van der Waals surface area contributed by atoms with E-state index in [4.69, 9.17) is 14.2 Å². The van der Waals surface area contributed by atoms with E-state index >= 15 is 0 Å². The highest BCUT2D eigenvalue weighted by atomic mass is 16.5. The summed E-state index contributed by atoms with van der Waals surface area (Å²) in [6, 6.07) is 21.5. The van der Waals surface area contributed by atoms with E-state index in [1.54, 1.807) is 61.5 Å². The van der Waals surface area contributed by atoms with Crippen LogP contribution < -0.4 is 24.0 Å². The SMILES string of the molecule is CCOc1ccc(N2C(=O)C(c3ccc(OC)c(OC)c3)=C(N(C)c3ccccc3)C2=O)cc1. The minimum absolute atomic E-state index is 0.275. The predicted molar refractivity (Wildman–Crippen MR) is 131 cm³/mol. The Hall–Kier alpha value is -4.26. The number of benzene rings is 3. The second kappa shape index (κ2) is 9.70. The molecule has 7 heteroatoms. The number of hydrogen-bond donors (Lipinski definition) is 0. The average molecular weight is 459 g/mol. The van der Waals surface area contributed by atoms with Gasteiger partial charge in [-0.05, 0) is 61.0 Å². The van der Waals surface area contributed by atoms with Crippen molar-refractivity contribution in [1.82, 2.24) is 0 Å². The number of rotatable bonds is 8. The Morgan fingerprint density at radius 3 is 2.12 bits per heavy atom. The van der Waals surface area contributed by atoms with Gasteiger partial charge in [-0.2, -0.15) is 0 Å². The number of likely N-dealkylation sites (N-methyl/N-ethyl adjacent to an activating group) is 1. The summed E-state index contributed by atoms with van der Waals surface area (Å²) < 4.78 is 16.3. The second-order valence-corrected chi connectivity index (χ2v) is 7.56. The van der Waals surface area contributed by atoms with Gasteiger partial charge in [0.15, 0.2) is 11.5 Å². The van der Waals surface area contributed by atoms with Gasteiger partial charge in [0.2, 0.25) is 0 Å². The van der Waals surface area contributed by atoms with Crippen LogP contribution in [0, 0.1) is 0 Å². The first kappa shape index (κ1) is 22.9. The lowest BCUT2D eigenvalue weighted by Gasteiger charge is -2.21. The highest BCUT2D eigenvalue weighted by molar-refractivity contribution is 6.46. The number of nitrogens with zero attached hydrogens (tertiary/aromatic N) is 2. The molecule has 1 heterocycles. The number of anilines is 2. The molecule has 0 bridgehead atoms. The first-order valence-corrected chi connectivity index (χ1v) is 10.9. The van der Waals surface area contributed by atoms with Crippen LogP contribution >= 0.6 is 0 Å². The van der Waals surface area contributed by atoms with Crippen LogP contribution in [-0.4, -0.2) is 39.7 Å². The lowest BCUT2D eigenvalue weighted by molar-refractivity contribution is -0.120. The van der Waals surface area contributed by atoms with Crippen LogP contribution in [0.25, 0.3) is 5.57 Å². The lowest BCUT2D eigenvalue weighted by atomic mass is 10.0. The maximum Gasteiger partial charge on any atom is 0.282 e. The van der Waals surface area contributed by atoms with Crippen LogP contribution in [0.15, 0.2) is 78.5 Å². The molecule has 0 fully saturated rings. The van der Waals surface area contributed by atoms with Crippen LogP contribution in [0.3, 0.4) is 0 Å². The molecule has 0 unspecified atom stereocenters. The van der Waals surface area contributed by atoms with Gasteiger partial charge in [0.1, 0.15) is 11.4 Å².